The van der Waals surface area contributed by atoms with E-state index in [0.29, 0.717) is 6.54 Å². The third-order valence-electron chi connectivity index (χ3n) is 5.19. The Kier molecular flexibility index (Phi) is 6.79. The predicted octanol–water partition coefficient (Wildman–Crippen LogP) is 3.59. The van der Waals surface area contributed by atoms with Crippen LogP contribution >= 0.6 is 0 Å². The molecule has 144 valence electrons. The number of nitrogens with two attached hydrogens (primary N) is 1. The van der Waals surface area contributed by atoms with E-state index in [1.54, 1.807) is 12.1 Å². The molecule has 0 saturated carbocycles. The summed E-state index contributed by atoms with van der Waals surface area (Å²) in [6.07, 6.45) is 3.38. The summed E-state index contributed by atoms with van der Waals surface area (Å²) in [5.41, 5.74) is 8.18. The number of nitrogens with zero attached hydrogens (tertiary/aromatic N) is 3. The van der Waals surface area contributed by atoms with Gasteiger partial charge in [0, 0.05) is 30.9 Å². The summed E-state index contributed by atoms with van der Waals surface area (Å²) < 4.78 is 0. The summed E-state index contributed by atoms with van der Waals surface area (Å²) in [6, 6.07) is 17.6. The average molecular weight is 368 g/mol. The molecule has 1 fully saturated rings. The Balaban J connectivity index is 1.92. The topological polar surface area (TPSA) is 75.6 Å². The van der Waals surface area contributed by atoms with Crippen molar-refractivity contribution < 1.29 is 4.92 Å². The Hall–Kier alpha value is -2.44. The number of anilines is 1. The minimum absolute atomic E-state index is 0.119. The first-order valence-corrected chi connectivity index (χ1v) is 9.67. The second-order valence-corrected chi connectivity index (χ2v) is 7.04. The molecule has 1 atom stereocenters. The average Bonchev–Trinajstić information content (AvgIpc) is 3.21. The lowest BCUT2D eigenvalue weighted by Gasteiger charge is -2.36. The first-order valence-electron chi connectivity index (χ1n) is 9.67. The smallest absolute Gasteiger partial charge is 0.269 e. The van der Waals surface area contributed by atoms with Crippen LogP contribution in [0.15, 0.2) is 54.6 Å². The summed E-state index contributed by atoms with van der Waals surface area (Å²) in [6.45, 7) is 4.66. The van der Waals surface area contributed by atoms with Crippen molar-refractivity contribution in [3.8, 4) is 0 Å². The maximum atomic E-state index is 11.0. The quantitative estimate of drug-likeness (QED) is 0.541. The van der Waals surface area contributed by atoms with E-state index in [2.05, 4.69) is 34.1 Å². The molecule has 0 radical (unpaired) electrons. The van der Waals surface area contributed by atoms with E-state index >= 15 is 0 Å². The van der Waals surface area contributed by atoms with E-state index in [1.807, 2.05) is 18.2 Å². The van der Waals surface area contributed by atoms with Crippen LogP contribution in [-0.2, 0) is 0 Å². The van der Waals surface area contributed by atoms with Crippen LogP contribution in [0.2, 0.25) is 0 Å². The molecule has 0 aromatic heterocycles. The van der Waals surface area contributed by atoms with Crippen molar-refractivity contribution in [3.63, 3.8) is 0 Å². The third-order valence-corrected chi connectivity index (χ3v) is 5.19. The second kappa shape index (κ2) is 9.48. The van der Waals surface area contributed by atoms with Crippen LogP contribution in [0.3, 0.4) is 0 Å². The molecule has 1 aliphatic rings. The zero-order valence-electron chi connectivity index (χ0n) is 15.7. The van der Waals surface area contributed by atoms with Gasteiger partial charge in [-0.25, -0.2) is 0 Å². The lowest BCUT2D eigenvalue weighted by molar-refractivity contribution is -0.384. The zero-order valence-corrected chi connectivity index (χ0v) is 15.7. The Morgan fingerprint density at radius 3 is 2.33 bits per heavy atom. The zero-order chi connectivity index (χ0) is 19.1. The van der Waals surface area contributed by atoms with Crippen molar-refractivity contribution in [2.24, 2.45) is 5.73 Å². The Labute approximate surface area is 160 Å². The van der Waals surface area contributed by atoms with E-state index in [-0.39, 0.29) is 16.7 Å². The van der Waals surface area contributed by atoms with Gasteiger partial charge in [0.2, 0.25) is 0 Å². The number of benzene rings is 2. The SMILES string of the molecule is NCCCN(c1ccc([N+](=O)[O-])cc1)[C@H](CN1CCCC1)c1ccccc1. The molecule has 2 N–H and O–H groups in total. The van der Waals surface area contributed by atoms with Gasteiger partial charge < -0.3 is 15.5 Å². The van der Waals surface area contributed by atoms with Gasteiger partial charge in [0.25, 0.3) is 5.69 Å². The van der Waals surface area contributed by atoms with Gasteiger partial charge in [-0.15, -0.1) is 0 Å². The van der Waals surface area contributed by atoms with Crippen molar-refractivity contribution in [2.45, 2.75) is 25.3 Å². The van der Waals surface area contributed by atoms with E-state index < -0.39 is 0 Å². The summed E-state index contributed by atoms with van der Waals surface area (Å²) in [4.78, 5) is 15.5. The highest BCUT2D eigenvalue weighted by Crippen LogP contribution is 2.30. The molecule has 1 saturated heterocycles. The molecule has 0 bridgehead atoms. The van der Waals surface area contributed by atoms with Crippen molar-refractivity contribution in [3.05, 3.63) is 70.3 Å². The number of rotatable bonds is 9. The van der Waals surface area contributed by atoms with Gasteiger partial charge in [0.15, 0.2) is 0 Å². The highest BCUT2D eigenvalue weighted by atomic mass is 16.6. The lowest BCUT2D eigenvalue weighted by atomic mass is 10.0. The van der Waals surface area contributed by atoms with Crippen molar-refractivity contribution in [1.82, 2.24) is 4.90 Å². The van der Waals surface area contributed by atoms with Crippen molar-refractivity contribution in [2.75, 3.05) is 37.6 Å². The van der Waals surface area contributed by atoms with Crippen LogP contribution in [-0.4, -0.2) is 42.5 Å². The van der Waals surface area contributed by atoms with Gasteiger partial charge in [0.05, 0.1) is 11.0 Å². The number of likely N-dealkylation sites (tertiary alicyclic amines) is 1. The summed E-state index contributed by atoms with van der Waals surface area (Å²) >= 11 is 0. The van der Waals surface area contributed by atoms with Gasteiger partial charge in [-0.3, -0.25) is 10.1 Å². The largest absolute Gasteiger partial charge is 0.363 e. The van der Waals surface area contributed by atoms with Crippen LogP contribution < -0.4 is 10.6 Å². The fraction of sp³-hybridized carbons (Fsp3) is 0.429. The van der Waals surface area contributed by atoms with E-state index in [4.69, 9.17) is 5.73 Å². The molecule has 2 aromatic rings. The molecule has 1 aliphatic heterocycles. The fourth-order valence-electron chi connectivity index (χ4n) is 3.76. The normalized spacial score (nSPS) is 15.6. The van der Waals surface area contributed by atoms with Gasteiger partial charge in [0.1, 0.15) is 0 Å². The minimum atomic E-state index is -0.354. The molecular weight excluding hydrogens is 340 g/mol. The molecular formula is C21H28N4O2. The Bertz CT molecular complexity index is 715. The van der Waals surface area contributed by atoms with Crippen LogP contribution in [0.4, 0.5) is 11.4 Å². The summed E-state index contributed by atoms with van der Waals surface area (Å²) in [5, 5.41) is 11.0. The molecule has 3 rings (SSSR count). The number of nitro groups is 1. The van der Waals surface area contributed by atoms with E-state index in [9.17, 15) is 10.1 Å². The summed E-state index contributed by atoms with van der Waals surface area (Å²) in [7, 11) is 0. The van der Waals surface area contributed by atoms with Crippen LogP contribution in [0.25, 0.3) is 0 Å². The molecule has 27 heavy (non-hydrogen) atoms. The number of nitro benzene ring substituents is 1. The third kappa shape index (κ3) is 5.05. The fourth-order valence-corrected chi connectivity index (χ4v) is 3.76. The van der Waals surface area contributed by atoms with E-state index in [1.165, 1.54) is 18.4 Å². The standard InChI is InChI=1S/C21H28N4O2/c22-13-6-16-24(19-9-11-20(12-10-19)25(26)27)21(17-23-14-4-5-15-23)18-7-2-1-3-8-18/h1-3,7-12,21H,4-6,13-17,22H2/t21-/m1/s1. The predicted molar refractivity (Wildman–Crippen MR) is 109 cm³/mol. The first-order chi connectivity index (χ1) is 13.2. The number of non-ortho nitro benzene ring substituents is 1. The minimum Gasteiger partial charge on any atom is -0.363 e. The Morgan fingerprint density at radius 2 is 1.74 bits per heavy atom. The van der Waals surface area contributed by atoms with E-state index in [0.717, 1.165) is 38.3 Å². The van der Waals surface area contributed by atoms with Crippen molar-refractivity contribution in [1.29, 1.82) is 0 Å². The monoisotopic (exact) mass is 368 g/mol. The highest BCUT2D eigenvalue weighted by Gasteiger charge is 2.25. The maximum Gasteiger partial charge on any atom is 0.269 e. The van der Waals surface area contributed by atoms with Crippen LogP contribution in [0.5, 0.6) is 0 Å². The molecule has 0 amide bonds. The molecule has 0 spiro atoms. The van der Waals surface area contributed by atoms with Gasteiger partial charge in [-0.05, 0) is 56.6 Å². The highest BCUT2D eigenvalue weighted by molar-refractivity contribution is 5.53. The Morgan fingerprint density at radius 1 is 1.07 bits per heavy atom. The molecule has 1 heterocycles. The molecule has 0 unspecified atom stereocenters. The lowest BCUT2D eigenvalue weighted by Crippen LogP contribution is -2.38. The number of hydrogen-bond donors (Lipinski definition) is 1. The summed E-state index contributed by atoms with van der Waals surface area (Å²) in [5.74, 6) is 0. The maximum absolute atomic E-state index is 11.0. The van der Waals surface area contributed by atoms with Gasteiger partial charge >= 0.3 is 0 Å². The molecule has 0 aliphatic carbocycles. The molecule has 2 aromatic carbocycles. The first kappa shape index (κ1) is 19.3. The van der Waals surface area contributed by atoms with Crippen molar-refractivity contribution >= 4 is 11.4 Å². The van der Waals surface area contributed by atoms with Gasteiger partial charge in [-0.1, -0.05) is 30.3 Å². The molecule has 6 heteroatoms. The number of hydrogen-bond acceptors (Lipinski definition) is 5. The second-order valence-electron chi connectivity index (χ2n) is 7.04. The van der Waals surface area contributed by atoms with Crippen LogP contribution in [0.1, 0.15) is 30.9 Å². The van der Waals surface area contributed by atoms with Crippen LogP contribution in [0, 0.1) is 10.1 Å². The molecule has 6 nitrogen and oxygen atoms in total. The van der Waals surface area contributed by atoms with Gasteiger partial charge in [-0.2, -0.15) is 0 Å².